The van der Waals surface area contributed by atoms with E-state index < -0.39 is 5.97 Å². The van der Waals surface area contributed by atoms with Gasteiger partial charge in [0.25, 0.3) is 0 Å². The third-order valence-corrected chi connectivity index (χ3v) is 2.66. The first-order valence-corrected chi connectivity index (χ1v) is 5.94. The second-order valence-corrected chi connectivity index (χ2v) is 4.17. The minimum Gasteiger partial charge on any atom is -0.481 e. The average Bonchev–Trinajstić information content (AvgIpc) is 2.36. The third-order valence-electron chi connectivity index (χ3n) is 2.66. The minimum absolute atomic E-state index is 0.0317. The summed E-state index contributed by atoms with van der Waals surface area (Å²) in [5.41, 5.74) is 1.03. The molecule has 0 unspecified atom stereocenters. The molecule has 0 aliphatic heterocycles. The van der Waals surface area contributed by atoms with Crippen molar-refractivity contribution in [2.24, 2.45) is 0 Å². The van der Waals surface area contributed by atoms with Gasteiger partial charge < -0.3 is 10.0 Å². The molecule has 0 atom stereocenters. The lowest BCUT2D eigenvalue weighted by molar-refractivity contribution is -0.138. The smallest absolute Gasteiger partial charge is 0.303 e. The Bertz CT molecular complexity index is 392. The fourth-order valence-corrected chi connectivity index (χ4v) is 1.58. The zero-order chi connectivity index (χ0) is 13.4. The number of pyridine rings is 1. The quantitative estimate of drug-likeness (QED) is 0.792. The number of hydrogen-bond acceptors (Lipinski definition) is 3. The summed E-state index contributed by atoms with van der Waals surface area (Å²) in [6.45, 7) is 0.484. The van der Waals surface area contributed by atoms with E-state index in [0.717, 1.165) is 5.56 Å². The Morgan fingerprint density at radius 3 is 2.78 bits per heavy atom. The molecule has 0 aliphatic rings. The van der Waals surface area contributed by atoms with Crippen molar-refractivity contribution in [1.29, 1.82) is 0 Å². The van der Waals surface area contributed by atoms with Gasteiger partial charge in [0, 0.05) is 38.8 Å². The number of carboxylic acids is 1. The van der Waals surface area contributed by atoms with Crippen LogP contribution in [0.3, 0.4) is 0 Å². The molecule has 0 saturated heterocycles. The molecule has 5 heteroatoms. The lowest BCUT2D eigenvalue weighted by atomic mass is 10.1. The number of carbonyl (C=O) groups excluding carboxylic acids is 1. The summed E-state index contributed by atoms with van der Waals surface area (Å²) >= 11 is 0. The molecule has 1 rings (SSSR count). The van der Waals surface area contributed by atoms with Crippen LogP contribution in [0.4, 0.5) is 0 Å². The number of aromatic nitrogens is 1. The Labute approximate surface area is 106 Å². The van der Waals surface area contributed by atoms with Crippen LogP contribution in [0.1, 0.15) is 24.8 Å². The zero-order valence-electron chi connectivity index (χ0n) is 10.5. The fraction of sp³-hybridized carbons (Fsp3) is 0.462. The molecule has 0 fully saturated rings. The molecule has 1 amide bonds. The van der Waals surface area contributed by atoms with Crippen molar-refractivity contribution in [1.82, 2.24) is 9.88 Å². The van der Waals surface area contributed by atoms with E-state index in [1.807, 2.05) is 12.1 Å². The first-order chi connectivity index (χ1) is 8.59. The molecule has 18 heavy (non-hydrogen) atoms. The highest BCUT2D eigenvalue weighted by atomic mass is 16.4. The Balaban J connectivity index is 2.25. The summed E-state index contributed by atoms with van der Waals surface area (Å²) in [4.78, 5) is 27.7. The van der Waals surface area contributed by atoms with Crippen LogP contribution < -0.4 is 0 Å². The molecule has 5 nitrogen and oxygen atoms in total. The predicted molar refractivity (Wildman–Crippen MR) is 67.1 cm³/mol. The van der Waals surface area contributed by atoms with Crippen molar-refractivity contribution in [3.63, 3.8) is 0 Å². The summed E-state index contributed by atoms with van der Waals surface area (Å²) in [5.74, 6) is -0.796. The normalized spacial score (nSPS) is 10.1. The van der Waals surface area contributed by atoms with Crippen LogP contribution >= 0.6 is 0 Å². The van der Waals surface area contributed by atoms with E-state index >= 15 is 0 Å². The number of carboxylic acid groups (broad SMARTS) is 1. The monoisotopic (exact) mass is 250 g/mol. The fourth-order valence-electron chi connectivity index (χ4n) is 1.58. The highest BCUT2D eigenvalue weighted by Crippen LogP contribution is 2.03. The van der Waals surface area contributed by atoms with Gasteiger partial charge in [-0.25, -0.2) is 0 Å². The average molecular weight is 250 g/mol. The second kappa shape index (κ2) is 7.42. The molecule has 1 aromatic rings. The topological polar surface area (TPSA) is 70.5 Å². The minimum atomic E-state index is -0.828. The van der Waals surface area contributed by atoms with Crippen LogP contribution in [0.2, 0.25) is 0 Å². The maximum atomic E-state index is 11.8. The number of hydrogen-bond donors (Lipinski definition) is 1. The molecule has 0 spiro atoms. The second-order valence-electron chi connectivity index (χ2n) is 4.17. The number of carbonyl (C=O) groups is 2. The molecule has 0 aromatic carbocycles. The SMILES string of the molecule is CN(CCCC(=O)O)C(=O)CCc1cccnc1. The van der Waals surface area contributed by atoms with E-state index in [1.165, 1.54) is 0 Å². The number of aliphatic carboxylic acids is 1. The van der Waals surface area contributed by atoms with Crippen molar-refractivity contribution in [3.8, 4) is 0 Å². The first-order valence-electron chi connectivity index (χ1n) is 5.94. The number of nitrogens with zero attached hydrogens (tertiary/aromatic N) is 2. The van der Waals surface area contributed by atoms with Gasteiger partial charge in [-0.05, 0) is 24.5 Å². The molecular weight excluding hydrogens is 232 g/mol. The van der Waals surface area contributed by atoms with Gasteiger partial charge in [-0.2, -0.15) is 0 Å². The van der Waals surface area contributed by atoms with Gasteiger partial charge in [0.2, 0.25) is 5.91 Å². The van der Waals surface area contributed by atoms with Gasteiger partial charge in [0.1, 0.15) is 0 Å². The lowest BCUT2D eigenvalue weighted by Crippen LogP contribution is -2.28. The molecule has 0 radical (unpaired) electrons. The maximum absolute atomic E-state index is 11.8. The van der Waals surface area contributed by atoms with Crippen LogP contribution in [0.25, 0.3) is 0 Å². The van der Waals surface area contributed by atoms with Gasteiger partial charge in [-0.3, -0.25) is 14.6 Å². The lowest BCUT2D eigenvalue weighted by Gasteiger charge is -2.16. The molecule has 0 aliphatic carbocycles. The largest absolute Gasteiger partial charge is 0.481 e. The summed E-state index contributed by atoms with van der Waals surface area (Å²) in [6, 6.07) is 3.78. The van der Waals surface area contributed by atoms with Gasteiger partial charge in [0.05, 0.1) is 0 Å². The van der Waals surface area contributed by atoms with E-state index in [1.54, 1.807) is 24.3 Å². The number of aryl methyl sites for hydroxylation is 1. The summed E-state index contributed by atoms with van der Waals surface area (Å²) in [5, 5.41) is 8.51. The van der Waals surface area contributed by atoms with Crippen molar-refractivity contribution < 1.29 is 14.7 Å². The van der Waals surface area contributed by atoms with Crippen molar-refractivity contribution >= 4 is 11.9 Å². The summed E-state index contributed by atoms with van der Waals surface area (Å²) in [6.07, 6.45) is 5.12. The summed E-state index contributed by atoms with van der Waals surface area (Å²) < 4.78 is 0. The van der Waals surface area contributed by atoms with Gasteiger partial charge in [-0.15, -0.1) is 0 Å². The maximum Gasteiger partial charge on any atom is 0.303 e. The Hall–Kier alpha value is -1.91. The highest BCUT2D eigenvalue weighted by Gasteiger charge is 2.09. The molecule has 1 heterocycles. The van der Waals surface area contributed by atoms with E-state index in [4.69, 9.17) is 5.11 Å². The van der Waals surface area contributed by atoms with E-state index in [0.29, 0.717) is 25.8 Å². The molecule has 1 aromatic heterocycles. The Kier molecular flexibility index (Phi) is 5.84. The van der Waals surface area contributed by atoms with Crippen molar-refractivity contribution in [2.45, 2.75) is 25.7 Å². The Morgan fingerprint density at radius 2 is 2.17 bits per heavy atom. The number of rotatable bonds is 7. The third kappa shape index (κ3) is 5.43. The van der Waals surface area contributed by atoms with Gasteiger partial charge in [0.15, 0.2) is 0 Å². The van der Waals surface area contributed by atoms with Crippen molar-refractivity contribution in [3.05, 3.63) is 30.1 Å². The number of amides is 1. The van der Waals surface area contributed by atoms with Crippen LogP contribution in [-0.4, -0.2) is 40.5 Å². The van der Waals surface area contributed by atoms with Crippen molar-refractivity contribution in [2.75, 3.05) is 13.6 Å². The van der Waals surface area contributed by atoms with E-state index in [2.05, 4.69) is 4.98 Å². The zero-order valence-corrected chi connectivity index (χ0v) is 10.5. The Morgan fingerprint density at radius 1 is 1.39 bits per heavy atom. The molecular formula is C13H18N2O3. The van der Waals surface area contributed by atoms with Crippen LogP contribution in [-0.2, 0) is 16.0 Å². The van der Waals surface area contributed by atoms with E-state index in [9.17, 15) is 9.59 Å². The highest BCUT2D eigenvalue weighted by molar-refractivity contribution is 5.76. The molecule has 0 saturated carbocycles. The molecule has 0 bridgehead atoms. The first kappa shape index (κ1) is 14.2. The van der Waals surface area contributed by atoms with Crippen LogP contribution in [0.5, 0.6) is 0 Å². The van der Waals surface area contributed by atoms with Crippen LogP contribution in [0, 0.1) is 0 Å². The molecule has 1 N–H and O–H groups in total. The van der Waals surface area contributed by atoms with Gasteiger partial charge in [-0.1, -0.05) is 6.07 Å². The van der Waals surface area contributed by atoms with Crippen LogP contribution in [0.15, 0.2) is 24.5 Å². The van der Waals surface area contributed by atoms with Gasteiger partial charge >= 0.3 is 5.97 Å². The van der Waals surface area contributed by atoms with E-state index in [-0.39, 0.29) is 12.3 Å². The predicted octanol–water partition coefficient (Wildman–Crippen LogP) is 1.34. The molecule has 98 valence electrons. The standard InChI is InChI=1S/C13H18N2O3/c1-15(9-3-5-13(17)18)12(16)7-6-11-4-2-8-14-10-11/h2,4,8,10H,3,5-7,9H2,1H3,(H,17,18). The summed E-state index contributed by atoms with van der Waals surface area (Å²) in [7, 11) is 1.70.